The van der Waals surface area contributed by atoms with E-state index in [1.807, 2.05) is 13.8 Å². The topological polar surface area (TPSA) is 72.9 Å². The van der Waals surface area contributed by atoms with Crippen LogP contribution in [0.4, 0.5) is 5.69 Å². The van der Waals surface area contributed by atoms with E-state index in [2.05, 4.69) is 16.3 Å². The zero-order valence-corrected chi connectivity index (χ0v) is 10.4. The van der Waals surface area contributed by atoms with Gasteiger partial charge in [0, 0.05) is 7.05 Å². The molecule has 1 aromatic rings. The number of hydrogen-bond acceptors (Lipinski definition) is 3. The molecule has 0 aromatic carbocycles. The molecule has 92 valence electrons. The molecule has 0 aliphatic rings. The fraction of sp³-hybridized carbons (Fsp3) is 0.500. The lowest BCUT2D eigenvalue weighted by molar-refractivity contribution is 0.0936. The van der Waals surface area contributed by atoms with E-state index < -0.39 is 0 Å². The van der Waals surface area contributed by atoms with Crippen LogP contribution in [0.25, 0.3) is 0 Å². The van der Waals surface area contributed by atoms with Crippen LogP contribution < -0.4 is 11.1 Å². The van der Waals surface area contributed by atoms with Crippen LogP contribution in [-0.4, -0.2) is 21.7 Å². The molecule has 1 unspecified atom stereocenters. The van der Waals surface area contributed by atoms with Gasteiger partial charge in [0.05, 0.1) is 17.4 Å². The van der Waals surface area contributed by atoms with E-state index >= 15 is 0 Å². The van der Waals surface area contributed by atoms with Crippen LogP contribution in [0.1, 0.15) is 36.5 Å². The molecule has 0 fully saturated rings. The number of rotatable bonds is 4. The number of carbonyl (C=O) groups excluding carboxylic acids is 1. The highest BCUT2D eigenvalue weighted by Gasteiger charge is 2.20. The van der Waals surface area contributed by atoms with Crippen molar-refractivity contribution in [2.75, 3.05) is 5.73 Å². The van der Waals surface area contributed by atoms with Gasteiger partial charge in [0.2, 0.25) is 0 Å². The van der Waals surface area contributed by atoms with Crippen molar-refractivity contribution in [3.63, 3.8) is 0 Å². The van der Waals surface area contributed by atoms with Gasteiger partial charge in [-0.25, -0.2) is 0 Å². The van der Waals surface area contributed by atoms with Gasteiger partial charge in [0.15, 0.2) is 0 Å². The van der Waals surface area contributed by atoms with Crippen molar-refractivity contribution in [3.05, 3.63) is 11.4 Å². The third-order valence-corrected chi connectivity index (χ3v) is 2.63. The molecule has 0 saturated carbocycles. The molecule has 17 heavy (non-hydrogen) atoms. The molecule has 1 amide bonds. The summed E-state index contributed by atoms with van der Waals surface area (Å²) in [5, 5.41) is 6.92. The highest BCUT2D eigenvalue weighted by molar-refractivity contribution is 5.98. The summed E-state index contributed by atoms with van der Waals surface area (Å²) in [6.45, 7) is 3.85. The Kier molecular flexibility index (Phi) is 4.16. The monoisotopic (exact) mass is 234 g/mol. The molecular formula is C12H18N4O. The minimum atomic E-state index is -0.276. The normalized spacial score (nSPS) is 11.9. The number of hydrogen-bond donors (Lipinski definition) is 2. The molecular weight excluding hydrogens is 216 g/mol. The number of aromatic nitrogens is 2. The van der Waals surface area contributed by atoms with E-state index in [0.717, 1.165) is 5.69 Å². The van der Waals surface area contributed by atoms with Gasteiger partial charge in [-0.3, -0.25) is 9.48 Å². The van der Waals surface area contributed by atoms with Gasteiger partial charge in [-0.2, -0.15) is 5.10 Å². The summed E-state index contributed by atoms with van der Waals surface area (Å²) in [7, 11) is 1.70. The van der Waals surface area contributed by atoms with E-state index in [1.54, 1.807) is 7.05 Å². The van der Waals surface area contributed by atoms with Crippen LogP contribution in [0.5, 0.6) is 0 Å². The predicted molar refractivity (Wildman–Crippen MR) is 67.4 cm³/mol. The second kappa shape index (κ2) is 5.39. The van der Waals surface area contributed by atoms with Crippen LogP contribution in [0, 0.1) is 12.3 Å². The number of terminal acetylenes is 1. The van der Waals surface area contributed by atoms with E-state index in [-0.39, 0.29) is 11.9 Å². The number of carbonyl (C=O) groups is 1. The van der Waals surface area contributed by atoms with Gasteiger partial charge >= 0.3 is 0 Å². The highest BCUT2D eigenvalue weighted by atomic mass is 16.2. The number of amides is 1. The Bertz CT molecular complexity index is 456. The molecule has 0 aliphatic heterocycles. The summed E-state index contributed by atoms with van der Waals surface area (Å²) in [5.41, 5.74) is 7.41. The number of anilines is 1. The first-order valence-electron chi connectivity index (χ1n) is 5.63. The predicted octanol–water partition coefficient (Wildman–Crippen LogP) is 0.706. The molecule has 0 spiro atoms. The van der Waals surface area contributed by atoms with Gasteiger partial charge < -0.3 is 11.1 Å². The van der Waals surface area contributed by atoms with Crippen molar-refractivity contribution in [2.24, 2.45) is 7.05 Å². The standard InChI is InChI=1S/C12H18N4O/c1-5-8(6-2)14-12(17)11-10(13)9(7-3)15-16(11)4/h1,8H,6-7,13H2,2-4H3,(H,14,17). The maximum Gasteiger partial charge on any atom is 0.272 e. The fourth-order valence-corrected chi connectivity index (χ4v) is 1.61. The van der Waals surface area contributed by atoms with Crippen LogP contribution in [0.2, 0.25) is 0 Å². The number of aryl methyl sites for hydroxylation is 2. The fourth-order valence-electron chi connectivity index (χ4n) is 1.61. The number of nitrogen functional groups attached to an aromatic ring is 1. The van der Waals surface area contributed by atoms with Gasteiger partial charge in [-0.1, -0.05) is 19.8 Å². The third-order valence-electron chi connectivity index (χ3n) is 2.63. The minimum absolute atomic E-state index is 0.276. The third kappa shape index (κ3) is 2.59. The minimum Gasteiger partial charge on any atom is -0.395 e. The smallest absolute Gasteiger partial charge is 0.272 e. The van der Waals surface area contributed by atoms with Crippen LogP contribution in [0.3, 0.4) is 0 Å². The lowest BCUT2D eigenvalue weighted by Gasteiger charge is -2.11. The largest absolute Gasteiger partial charge is 0.395 e. The Morgan fingerprint density at radius 1 is 1.65 bits per heavy atom. The highest BCUT2D eigenvalue weighted by Crippen LogP contribution is 2.16. The molecule has 0 bridgehead atoms. The van der Waals surface area contributed by atoms with Crippen molar-refractivity contribution in [3.8, 4) is 12.3 Å². The quantitative estimate of drug-likeness (QED) is 0.753. The first-order chi connectivity index (χ1) is 8.04. The van der Waals surface area contributed by atoms with Crippen molar-refractivity contribution < 1.29 is 4.79 Å². The summed E-state index contributed by atoms with van der Waals surface area (Å²) in [6, 6.07) is -0.276. The van der Waals surface area contributed by atoms with Gasteiger partial charge in [-0.15, -0.1) is 6.42 Å². The van der Waals surface area contributed by atoms with Crippen molar-refractivity contribution in [2.45, 2.75) is 32.7 Å². The number of nitrogens with two attached hydrogens (primary N) is 1. The first-order valence-corrected chi connectivity index (χ1v) is 5.63. The summed E-state index contributed by atoms with van der Waals surface area (Å²) in [6.07, 6.45) is 6.67. The SMILES string of the molecule is C#CC(CC)NC(=O)c1c(N)c(CC)nn1C. The van der Waals surface area contributed by atoms with Gasteiger partial charge in [-0.05, 0) is 12.8 Å². The molecule has 1 rings (SSSR count). The van der Waals surface area contributed by atoms with Crippen LogP contribution >= 0.6 is 0 Å². The first kappa shape index (κ1) is 13.1. The van der Waals surface area contributed by atoms with Gasteiger partial charge in [0.25, 0.3) is 5.91 Å². The van der Waals surface area contributed by atoms with Crippen molar-refractivity contribution in [1.82, 2.24) is 15.1 Å². The van der Waals surface area contributed by atoms with E-state index in [4.69, 9.17) is 12.2 Å². The summed E-state index contributed by atoms with van der Waals surface area (Å²) < 4.78 is 1.49. The van der Waals surface area contributed by atoms with E-state index in [0.29, 0.717) is 24.2 Å². The Hall–Kier alpha value is -1.96. The molecule has 0 radical (unpaired) electrons. The lowest BCUT2D eigenvalue weighted by Crippen LogP contribution is -2.34. The molecule has 0 aliphatic carbocycles. The van der Waals surface area contributed by atoms with Crippen LogP contribution in [-0.2, 0) is 13.5 Å². The van der Waals surface area contributed by atoms with E-state index in [9.17, 15) is 4.79 Å². The maximum atomic E-state index is 12.0. The van der Waals surface area contributed by atoms with Gasteiger partial charge in [0.1, 0.15) is 5.69 Å². The van der Waals surface area contributed by atoms with E-state index in [1.165, 1.54) is 4.68 Å². The molecule has 1 aromatic heterocycles. The molecule has 1 heterocycles. The van der Waals surface area contributed by atoms with Crippen LogP contribution in [0.15, 0.2) is 0 Å². The number of nitrogens with zero attached hydrogens (tertiary/aromatic N) is 2. The Morgan fingerprint density at radius 3 is 2.71 bits per heavy atom. The Labute approximate surface area is 101 Å². The summed E-state index contributed by atoms with van der Waals surface area (Å²) in [5.74, 6) is 2.23. The molecule has 5 heteroatoms. The lowest BCUT2D eigenvalue weighted by atomic mass is 10.2. The number of nitrogens with one attached hydrogen (secondary N) is 1. The zero-order chi connectivity index (χ0) is 13.0. The molecule has 3 N–H and O–H groups in total. The summed E-state index contributed by atoms with van der Waals surface area (Å²) in [4.78, 5) is 12.0. The molecule has 5 nitrogen and oxygen atoms in total. The average Bonchev–Trinajstić information content (AvgIpc) is 2.60. The Balaban J connectivity index is 2.97. The molecule has 1 atom stereocenters. The second-order valence-corrected chi connectivity index (χ2v) is 3.79. The van der Waals surface area contributed by atoms with Crippen molar-refractivity contribution >= 4 is 11.6 Å². The molecule has 0 saturated heterocycles. The Morgan fingerprint density at radius 2 is 2.29 bits per heavy atom. The maximum absolute atomic E-state index is 12.0. The summed E-state index contributed by atoms with van der Waals surface area (Å²) >= 11 is 0. The second-order valence-electron chi connectivity index (χ2n) is 3.79. The average molecular weight is 234 g/mol. The van der Waals surface area contributed by atoms with Crippen molar-refractivity contribution in [1.29, 1.82) is 0 Å². The zero-order valence-electron chi connectivity index (χ0n) is 10.4.